The number of carbonyl (C=O) groups excluding carboxylic acids is 2. The number of pyridine rings is 1. The summed E-state index contributed by atoms with van der Waals surface area (Å²) in [5.41, 5.74) is 0.331. The number of para-hydroxylation sites is 1. The zero-order valence-corrected chi connectivity index (χ0v) is 22.7. The van der Waals surface area contributed by atoms with E-state index >= 15 is 0 Å². The normalized spacial score (nSPS) is 19.6. The minimum atomic E-state index is -1.01. The van der Waals surface area contributed by atoms with E-state index < -0.39 is 23.1 Å². The van der Waals surface area contributed by atoms with Crippen LogP contribution in [0.2, 0.25) is 0 Å². The third-order valence-electron chi connectivity index (χ3n) is 6.57. The Balaban J connectivity index is 2.08. The zero-order valence-electron chi connectivity index (χ0n) is 22.7. The van der Waals surface area contributed by atoms with Crippen molar-refractivity contribution in [3.8, 4) is 23.1 Å². The molecule has 2 atom stereocenters. The molecule has 0 aliphatic carbocycles. The van der Waals surface area contributed by atoms with Gasteiger partial charge in [0, 0.05) is 24.2 Å². The van der Waals surface area contributed by atoms with Crippen LogP contribution in [0, 0.1) is 17.2 Å². The molecule has 8 heteroatoms. The summed E-state index contributed by atoms with van der Waals surface area (Å²) in [5, 5.41) is 10.6. The fraction of sp³-hybridized carbons (Fsp3) is 0.517. The van der Waals surface area contributed by atoms with Crippen LogP contribution >= 0.6 is 0 Å². The largest absolute Gasteiger partial charge is 0.493 e. The van der Waals surface area contributed by atoms with Crippen LogP contribution in [0.15, 0.2) is 36.4 Å². The van der Waals surface area contributed by atoms with Crippen molar-refractivity contribution in [2.75, 3.05) is 26.3 Å². The highest BCUT2D eigenvalue weighted by Crippen LogP contribution is 2.43. The smallest absolute Gasteiger partial charge is 0.410 e. The molecule has 1 aliphatic rings. The molecule has 0 N–H and O–H groups in total. The molecule has 8 nitrogen and oxygen atoms in total. The van der Waals surface area contributed by atoms with Crippen LogP contribution in [-0.4, -0.2) is 53.9 Å². The van der Waals surface area contributed by atoms with Crippen LogP contribution in [0.1, 0.15) is 70.4 Å². The van der Waals surface area contributed by atoms with E-state index in [0.717, 1.165) is 5.56 Å². The molecule has 1 aromatic heterocycles. The summed E-state index contributed by atoms with van der Waals surface area (Å²) in [7, 11) is 0. The van der Waals surface area contributed by atoms with Gasteiger partial charge in [-0.3, -0.25) is 0 Å². The van der Waals surface area contributed by atoms with Gasteiger partial charge in [-0.2, -0.15) is 5.26 Å². The molecule has 198 valence electrons. The van der Waals surface area contributed by atoms with Crippen LogP contribution in [0.4, 0.5) is 4.79 Å². The summed E-state index contributed by atoms with van der Waals surface area (Å²) in [6.45, 7) is 12.5. The summed E-state index contributed by atoms with van der Waals surface area (Å²) >= 11 is 0. The van der Waals surface area contributed by atoms with Crippen molar-refractivity contribution in [3.63, 3.8) is 0 Å². The lowest BCUT2D eigenvalue weighted by Gasteiger charge is -2.44. The molecule has 1 saturated heterocycles. The number of likely N-dealkylation sites (tertiary alicyclic amines) is 1. The van der Waals surface area contributed by atoms with Crippen LogP contribution < -0.4 is 4.74 Å². The average Bonchev–Trinajstić information content (AvgIpc) is 2.87. The van der Waals surface area contributed by atoms with Gasteiger partial charge in [0.2, 0.25) is 0 Å². The zero-order chi connectivity index (χ0) is 27.2. The molecule has 0 bridgehead atoms. The molecular formula is C29H37N3O5. The first kappa shape index (κ1) is 28.0. The van der Waals surface area contributed by atoms with E-state index in [-0.39, 0.29) is 18.2 Å². The van der Waals surface area contributed by atoms with Gasteiger partial charge >= 0.3 is 12.1 Å². The first-order valence-corrected chi connectivity index (χ1v) is 12.9. The summed E-state index contributed by atoms with van der Waals surface area (Å²) < 4.78 is 16.7. The van der Waals surface area contributed by atoms with Gasteiger partial charge in [-0.25, -0.2) is 14.6 Å². The number of piperidine rings is 1. The quantitative estimate of drug-likeness (QED) is 0.440. The lowest BCUT2D eigenvalue weighted by Crippen LogP contribution is -2.52. The Hall–Kier alpha value is -3.60. The SMILES string of the molecule is CCOC(=O)c1nc(-c2ccccc2OCC)ccc1C1(C#N)CCN(C(=O)OC(C)(C)C)CC1CC. The third kappa shape index (κ3) is 6.04. The number of hydrogen-bond acceptors (Lipinski definition) is 7. The van der Waals surface area contributed by atoms with E-state index in [9.17, 15) is 14.9 Å². The molecule has 1 amide bonds. The van der Waals surface area contributed by atoms with E-state index in [2.05, 4.69) is 6.07 Å². The van der Waals surface area contributed by atoms with Crippen LogP contribution in [0.25, 0.3) is 11.3 Å². The Morgan fingerprint density at radius 1 is 1.14 bits per heavy atom. The molecule has 2 heterocycles. The van der Waals surface area contributed by atoms with Gasteiger partial charge in [0.05, 0.1) is 30.4 Å². The number of ether oxygens (including phenoxy) is 3. The van der Waals surface area contributed by atoms with Gasteiger partial charge in [0.1, 0.15) is 11.4 Å². The highest BCUT2D eigenvalue weighted by atomic mass is 16.6. The molecule has 1 fully saturated rings. The highest BCUT2D eigenvalue weighted by Gasteiger charge is 2.48. The third-order valence-corrected chi connectivity index (χ3v) is 6.57. The molecule has 2 unspecified atom stereocenters. The van der Waals surface area contributed by atoms with E-state index in [1.54, 1.807) is 11.8 Å². The molecule has 0 radical (unpaired) electrons. The number of aromatic nitrogens is 1. The molecule has 2 aromatic rings. The fourth-order valence-corrected chi connectivity index (χ4v) is 4.84. The first-order chi connectivity index (χ1) is 17.6. The van der Waals surface area contributed by atoms with E-state index in [0.29, 0.717) is 49.5 Å². The van der Waals surface area contributed by atoms with Gasteiger partial charge in [-0.15, -0.1) is 0 Å². The van der Waals surface area contributed by atoms with Crippen molar-refractivity contribution >= 4 is 12.1 Å². The number of esters is 1. The number of rotatable bonds is 7. The van der Waals surface area contributed by atoms with E-state index in [1.807, 2.05) is 71.0 Å². The van der Waals surface area contributed by atoms with Gasteiger partial charge < -0.3 is 19.1 Å². The number of amides is 1. The molecule has 0 spiro atoms. The first-order valence-electron chi connectivity index (χ1n) is 12.9. The summed E-state index contributed by atoms with van der Waals surface area (Å²) in [4.78, 5) is 32.3. The standard InChI is InChI=1S/C29H37N3O5/c1-7-20-18-32(27(34)37-28(4,5)6)17-16-29(20,19-30)22-14-15-23(31-25(22)26(33)36-9-3)21-12-10-11-13-24(21)35-8-2/h10-15,20H,7-9,16-18H2,1-6H3. The van der Waals surface area contributed by atoms with Crippen LogP contribution in [-0.2, 0) is 14.9 Å². The van der Waals surface area contributed by atoms with Crippen molar-refractivity contribution in [1.82, 2.24) is 9.88 Å². The summed E-state index contributed by atoms with van der Waals surface area (Å²) in [6, 6.07) is 13.7. The summed E-state index contributed by atoms with van der Waals surface area (Å²) in [6.07, 6.45) is 0.581. The van der Waals surface area contributed by atoms with Gasteiger partial charge in [0.15, 0.2) is 5.69 Å². The van der Waals surface area contributed by atoms with Crippen molar-refractivity contribution in [1.29, 1.82) is 5.26 Å². The maximum Gasteiger partial charge on any atom is 0.410 e. The lowest BCUT2D eigenvalue weighted by atomic mass is 9.65. The fourth-order valence-electron chi connectivity index (χ4n) is 4.84. The predicted molar refractivity (Wildman–Crippen MR) is 140 cm³/mol. The Labute approximate surface area is 219 Å². The van der Waals surface area contributed by atoms with Crippen molar-refractivity contribution in [3.05, 3.63) is 47.7 Å². The molecule has 0 saturated carbocycles. The van der Waals surface area contributed by atoms with Crippen LogP contribution in [0.5, 0.6) is 5.75 Å². The molecular weight excluding hydrogens is 470 g/mol. The van der Waals surface area contributed by atoms with Crippen molar-refractivity contribution < 1.29 is 23.8 Å². The van der Waals surface area contributed by atoms with Gasteiger partial charge in [-0.1, -0.05) is 25.1 Å². The maximum atomic E-state index is 13.2. The van der Waals surface area contributed by atoms with Crippen molar-refractivity contribution in [2.24, 2.45) is 5.92 Å². The van der Waals surface area contributed by atoms with Crippen molar-refractivity contribution in [2.45, 2.75) is 65.4 Å². The monoisotopic (exact) mass is 507 g/mol. The Morgan fingerprint density at radius 2 is 1.86 bits per heavy atom. The second kappa shape index (κ2) is 11.6. The number of hydrogen-bond donors (Lipinski definition) is 0. The number of nitriles is 1. The summed E-state index contributed by atoms with van der Waals surface area (Å²) in [5.74, 6) is -0.144. The molecule has 1 aromatic carbocycles. The van der Waals surface area contributed by atoms with Gasteiger partial charge in [0.25, 0.3) is 0 Å². The molecule has 3 rings (SSSR count). The topological polar surface area (TPSA) is 102 Å². The van der Waals surface area contributed by atoms with Gasteiger partial charge in [-0.05, 0) is 71.6 Å². The molecule has 37 heavy (non-hydrogen) atoms. The highest BCUT2D eigenvalue weighted by molar-refractivity contribution is 5.90. The second-order valence-corrected chi connectivity index (χ2v) is 10.1. The van der Waals surface area contributed by atoms with E-state index in [1.165, 1.54) is 0 Å². The molecule has 1 aliphatic heterocycles. The Morgan fingerprint density at radius 3 is 2.49 bits per heavy atom. The number of benzene rings is 1. The maximum absolute atomic E-state index is 13.2. The number of carbonyl (C=O) groups is 2. The minimum Gasteiger partial charge on any atom is -0.493 e. The lowest BCUT2D eigenvalue weighted by molar-refractivity contribution is 0.00977. The average molecular weight is 508 g/mol. The predicted octanol–water partition coefficient (Wildman–Crippen LogP) is 5.75. The second-order valence-electron chi connectivity index (χ2n) is 10.1. The van der Waals surface area contributed by atoms with Crippen LogP contribution in [0.3, 0.4) is 0 Å². The van der Waals surface area contributed by atoms with E-state index in [4.69, 9.17) is 19.2 Å². The Bertz CT molecular complexity index is 1170. The Kier molecular flexibility index (Phi) is 8.80. The minimum absolute atomic E-state index is 0.122. The number of nitrogens with zero attached hydrogens (tertiary/aromatic N) is 3.